The van der Waals surface area contributed by atoms with Crippen LogP contribution in [0.4, 0.5) is 0 Å². The first kappa shape index (κ1) is 17.7. The van der Waals surface area contributed by atoms with E-state index in [1.165, 1.54) is 6.42 Å². The fraction of sp³-hybridized carbons (Fsp3) is 0.500. The lowest BCUT2D eigenvalue weighted by atomic mass is 10.0. The number of nitrogens with zero attached hydrogens (tertiary/aromatic N) is 2. The van der Waals surface area contributed by atoms with Gasteiger partial charge in [-0.1, -0.05) is 37.3 Å². The van der Waals surface area contributed by atoms with Gasteiger partial charge in [-0.25, -0.2) is 4.98 Å². The van der Waals surface area contributed by atoms with Crippen LogP contribution in [0.3, 0.4) is 0 Å². The molecule has 0 aliphatic carbocycles. The van der Waals surface area contributed by atoms with Gasteiger partial charge in [-0.2, -0.15) is 0 Å². The summed E-state index contributed by atoms with van der Waals surface area (Å²) in [5.74, 6) is 1.46. The predicted molar refractivity (Wildman–Crippen MR) is 98.2 cm³/mol. The molecule has 5 heteroatoms. The zero-order valence-corrected chi connectivity index (χ0v) is 14.9. The summed E-state index contributed by atoms with van der Waals surface area (Å²) in [5.41, 5.74) is 1.00. The molecule has 1 fully saturated rings. The third kappa shape index (κ3) is 5.16. The number of carbonyl (C=O) groups is 1. The highest BCUT2D eigenvalue weighted by Crippen LogP contribution is 2.20. The number of nitrogens with one attached hydrogen (secondary N) is 1. The summed E-state index contributed by atoms with van der Waals surface area (Å²) in [6, 6.07) is 10.2. The predicted octanol–water partition coefficient (Wildman–Crippen LogP) is 3.26. The molecule has 3 rings (SSSR count). The summed E-state index contributed by atoms with van der Waals surface area (Å²) >= 11 is 0. The summed E-state index contributed by atoms with van der Waals surface area (Å²) in [4.78, 5) is 18.9. The monoisotopic (exact) mass is 341 g/mol. The Morgan fingerprint density at radius 2 is 2.04 bits per heavy atom. The second-order valence-electron chi connectivity index (χ2n) is 6.67. The van der Waals surface area contributed by atoms with Gasteiger partial charge in [-0.05, 0) is 25.8 Å². The number of aryl methyl sites for hydroxylation is 1. The van der Waals surface area contributed by atoms with E-state index in [9.17, 15) is 4.79 Å². The topological polar surface area (TPSA) is 58.4 Å². The van der Waals surface area contributed by atoms with E-state index in [0.717, 1.165) is 43.8 Å². The molecule has 0 radical (unpaired) electrons. The first-order valence-corrected chi connectivity index (χ1v) is 9.26. The number of piperidine rings is 1. The summed E-state index contributed by atoms with van der Waals surface area (Å²) in [5, 5.41) is 3.16. The van der Waals surface area contributed by atoms with E-state index in [0.29, 0.717) is 24.8 Å². The second kappa shape index (κ2) is 8.81. The lowest BCUT2D eigenvalue weighted by Crippen LogP contribution is -2.44. The molecule has 0 spiro atoms. The minimum Gasteiger partial charge on any atom is -0.441 e. The van der Waals surface area contributed by atoms with Gasteiger partial charge in [0.25, 0.3) is 0 Å². The molecule has 0 bridgehead atoms. The first-order chi connectivity index (χ1) is 12.2. The summed E-state index contributed by atoms with van der Waals surface area (Å²) in [7, 11) is 0. The van der Waals surface area contributed by atoms with Crippen LogP contribution in [0, 0.1) is 0 Å². The number of carbonyl (C=O) groups excluding carboxylic acids is 1. The van der Waals surface area contributed by atoms with Crippen LogP contribution in [0.5, 0.6) is 0 Å². The fourth-order valence-corrected chi connectivity index (χ4v) is 3.30. The Balaban J connectivity index is 1.42. The number of likely N-dealkylation sites (tertiary alicyclic amines) is 1. The van der Waals surface area contributed by atoms with Crippen molar-refractivity contribution in [1.82, 2.24) is 15.2 Å². The van der Waals surface area contributed by atoms with E-state index in [2.05, 4.69) is 22.1 Å². The Labute approximate surface area is 149 Å². The maximum absolute atomic E-state index is 12.2. The molecular weight excluding hydrogens is 314 g/mol. The molecule has 1 saturated heterocycles. The van der Waals surface area contributed by atoms with Crippen LogP contribution < -0.4 is 5.32 Å². The summed E-state index contributed by atoms with van der Waals surface area (Å²) in [6.45, 7) is 5.53. The maximum Gasteiger partial charge on any atom is 0.220 e. The molecule has 0 saturated carbocycles. The van der Waals surface area contributed by atoms with E-state index in [-0.39, 0.29) is 5.91 Å². The van der Waals surface area contributed by atoms with Crippen molar-refractivity contribution in [3.05, 3.63) is 42.4 Å². The van der Waals surface area contributed by atoms with Gasteiger partial charge >= 0.3 is 0 Å². The zero-order chi connectivity index (χ0) is 17.5. The van der Waals surface area contributed by atoms with Gasteiger partial charge in [0.2, 0.25) is 5.91 Å². The van der Waals surface area contributed by atoms with Crippen molar-refractivity contribution in [3.8, 4) is 11.3 Å². The van der Waals surface area contributed by atoms with Crippen molar-refractivity contribution in [3.63, 3.8) is 0 Å². The molecule has 1 aromatic carbocycles. The second-order valence-corrected chi connectivity index (χ2v) is 6.67. The molecule has 2 heterocycles. The van der Waals surface area contributed by atoms with Gasteiger partial charge in [0, 0.05) is 37.5 Å². The lowest BCUT2D eigenvalue weighted by Gasteiger charge is -2.32. The quantitative estimate of drug-likeness (QED) is 0.840. The number of hydrogen-bond acceptors (Lipinski definition) is 4. The fourth-order valence-electron chi connectivity index (χ4n) is 3.30. The Bertz CT molecular complexity index is 661. The zero-order valence-electron chi connectivity index (χ0n) is 14.9. The highest BCUT2D eigenvalue weighted by atomic mass is 16.4. The molecule has 1 aliphatic rings. The molecule has 0 unspecified atom stereocenters. The van der Waals surface area contributed by atoms with Crippen LogP contribution in [0.1, 0.15) is 38.5 Å². The minimum absolute atomic E-state index is 0.0911. The van der Waals surface area contributed by atoms with Gasteiger partial charge in [0.05, 0.1) is 6.20 Å². The maximum atomic E-state index is 12.2. The van der Waals surface area contributed by atoms with Crippen molar-refractivity contribution in [2.24, 2.45) is 0 Å². The van der Waals surface area contributed by atoms with E-state index in [1.807, 2.05) is 30.3 Å². The standard InChI is InChI=1S/C20H27N3O2/c1-2-12-23-13-10-17(11-14-23)22-19(24)8-9-20-21-15-18(25-20)16-6-4-3-5-7-16/h3-7,15,17H,2,8-14H2,1H3,(H,22,24). The van der Waals surface area contributed by atoms with Gasteiger partial charge in [0.1, 0.15) is 0 Å². The van der Waals surface area contributed by atoms with E-state index < -0.39 is 0 Å². The Hall–Kier alpha value is -2.14. The van der Waals surface area contributed by atoms with Crippen LogP contribution in [-0.2, 0) is 11.2 Å². The largest absolute Gasteiger partial charge is 0.441 e. The van der Waals surface area contributed by atoms with Crippen LogP contribution in [0.2, 0.25) is 0 Å². The van der Waals surface area contributed by atoms with Crippen molar-refractivity contribution >= 4 is 5.91 Å². The molecule has 5 nitrogen and oxygen atoms in total. The molecular formula is C20H27N3O2. The lowest BCUT2D eigenvalue weighted by molar-refractivity contribution is -0.122. The summed E-state index contributed by atoms with van der Waals surface area (Å²) in [6.07, 6.45) is 5.97. The Morgan fingerprint density at radius 3 is 2.76 bits per heavy atom. The van der Waals surface area contributed by atoms with Crippen LogP contribution in [0.25, 0.3) is 11.3 Å². The van der Waals surface area contributed by atoms with Crippen molar-refractivity contribution in [1.29, 1.82) is 0 Å². The highest BCUT2D eigenvalue weighted by Gasteiger charge is 2.20. The van der Waals surface area contributed by atoms with E-state index in [1.54, 1.807) is 6.20 Å². The minimum atomic E-state index is 0.0911. The van der Waals surface area contributed by atoms with Crippen molar-refractivity contribution in [2.75, 3.05) is 19.6 Å². The molecule has 25 heavy (non-hydrogen) atoms. The average molecular weight is 341 g/mol. The third-order valence-electron chi connectivity index (χ3n) is 4.67. The molecule has 134 valence electrons. The van der Waals surface area contributed by atoms with Crippen LogP contribution in [0.15, 0.2) is 40.9 Å². The van der Waals surface area contributed by atoms with Gasteiger partial charge < -0.3 is 14.6 Å². The first-order valence-electron chi connectivity index (χ1n) is 9.26. The number of hydrogen-bond donors (Lipinski definition) is 1. The molecule has 1 amide bonds. The van der Waals surface area contributed by atoms with Crippen LogP contribution in [-0.4, -0.2) is 41.5 Å². The summed E-state index contributed by atoms with van der Waals surface area (Å²) < 4.78 is 5.75. The highest BCUT2D eigenvalue weighted by molar-refractivity contribution is 5.76. The normalized spacial score (nSPS) is 16.0. The molecule has 2 aromatic rings. The van der Waals surface area contributed by atoms with Crippen LogP contribution >= 0.6 is 0 Å². The Kier molecular flexibility index (Phi) is 6.23. The number of aromatic nitrogens is 1. The molecule has 1 aliphatic heterocycles. The smallest absolute Gasteiger partial charge is 0.220 e. The molecule has 1 aromatic heterocycles. The average Bonchev–Trinajstić information content (AvgIpc) is 3.12. The van der Waals surface area contributed by atoms with Gasteiger partial charge in [-0.15, -0.1) is 0 Å². The van der Waals surface area contributed by atoms with E-state index in [4.69, 9.17) is 4.42 Å². The van der Waals surface area contributed by atoms with E-state index >= 15 is 0 Å². The molecule has 1 N–H and O–H groups in total. The number of oxazole rings is 1. The Morgan fingerprint density at radius 1 is 1.28 bits per heavy atom. The molecule has 0 atom stereocenters. The number of rotatable bonds is 7. The van der Waals surface area contributed by atoms with Gasteiger partial charge in [-0.3, -0.25) is 4.79 Å². The number of benzene rings is 1. The van der Waals surface area contributed by atoms with Crippen molar-refractivity contribution < 1.29 is 9.21 Å². The SMILES string of the molecule is CCCN1CCC(NC(=O)CCc2ncc(-c3ccccc3)o2)CC1. The number of amides is 1. The van der Waals surface area contributed by atoms with Crippen molar-refractivity contribution in [2.45, 2.75) is 45.1 Å². The third-order valence-corrected chi connectivity index (χ3v) is 4.67. The van der Waals surface area contributed by atoms with Gasteiger partial charge in [0.15, 0.2) is 11.7 Å².